The highest BCUT2D eigenvalue weighted by Crippen LogP contribution is 2.31. The van der Waals surface area contributed by atoms with Crippen LogP contribution < -0.4 is 9.64 Å². The average molecular weight is 405 g/mol. The molecule has 6 nitrogen and oxygen atoms in total. The predicted molar refractivity (Wildman–Crippen MR) is 105 cm³/mol. The predicted octanol–water partition coefficient (Wildman–Crippen LogP) is 2.97. The molecule has 3 heterocycles. The van der Waals surface area contributed by atoms with Crippen LogP contribution in [0.15, 0.2) is 41.4 Å². The number of nitrogens with zero attached hydrogens (tertiary/aromatic N) is 3. The lowest BCUT2D eigenvalue weighted by Crippen LogP contribution is -2.32. The topological polar surface area (TPSA) is 62.7 Å². The van der Waals surface area contributed by atoms with Crippen molar-refractivity contribution in [3.05, 3.63) is 47.9 Å². The molecular formula is C20H24FN3O3S. The van der Waals surface area contributed by atoms with Crippen LogP contribution in [0.1, 0.15) is 24.8 Å². The quantitative estimate of drug-likeness (QED) is 0.765. The molecule has 1 aromatic carbocycles. The Labute approximate surface area is 165 Å². The molecule has 2 aromatic rings. The first-order valence-electron chi connectivity index (χ1n) is 9.58. The zero-order chi connectivity index (χ0) is 19.7. The van der Waals surface area contributed by atoms with Crippen LogP contribution in [-0.4, -0.2) is 50.0 Å². The first-order valence-corrected chi connectivity index (χ1v) is 11.0. The average Bonchev–Trinajstić information content (AvgIpc) is 3.36. The third kappa shape index (κ3) is 3.71. The molecule has 0 spiro atoms. The van der Waals surface area contributed by atoms with Crippen LogP contribution >= 0.6 is 0 Å². The van der Waals surface area contributed by atoms with E-state index in [0.29, 0.717) is 24.3 Å². The van der Waals surface area contributed by atoms with Crippen molar-refractivity contribution in [2.24, 2.45) is 0 Å². The molecule has 0 N–H and O–H groups in total. The summed E-state index contributed by atoms with van der Waals surface area (Å²) >= 11 is 0. The van der Waals surface area contributed by atoms with Crippen molar-refractivity contribution in [2.75, 3.05) is 31.1 Å². The number of hydrogen-bond acceptors (Lipinski definition) is 5. The van der Waals surface area contributed by atoms with Crippen molar-refractivity contribution in [3.63, 3.8) is 0 Å². The Morgan fingerprint density at radius 2 is 1.96 bits per heavy atom. The van der Waals surface area contributed by atoms with Gasteiger partial charge in [-0.25, -0.2) is 17.8 Å². The fourth-order valence-corrected chi connectivity index (χ4v) is 5.42. The van der Waals surface area contributed by atoms with E-state index in [-0.39, 0.29) is 17.5 Å². The van der Waals surface area contributed by atoms with Crippen LogP contribution in [0.25, 0.3) is 0 Å². The number of halogens is 1. The summed E-state index contributed by atoms with van der Waals surface area (Å²) in [6.07, 6.45) is 4.28. The number of sulfonamides is 1. The van der Waals surface area contributed by atoms with E-state index in [1.54, 1.807) is 19.2 Å². The minimum Gasteiger partial charge on any atom is -0.485 e. The highest BCUT2D eigenvalue weighted by molar-refractivity contribution is 7.89. The van der Waals surface area contributed by atoms with Gasteiger partial charge < -0.3 is 9.64 Å². The van der Waals surface area contributed by atoms with Gasteiger partial charge in [-0.2, -0.15) is 4.31 Å². The number of ether oxygens (including phenoxy) is 1. The zero-order valence-electron chi connectivity index (χ0n) is 15.8. The van der Waals surface area contributed by atoms with Gasteiger partial charge in [0.25, 0.3) is 0 Å². The second-order valence-electron chi connectivity index (χ2n) is 7.34. The van der Waals surface area contributed by atoms with Gasteiger partial charge in [0.15, 0.2) is 11.6 Å². The summed E-state index contributed by atoms with van der Waals surface area (Å²) in [5, 5.41) is 0. The smallest absolute Gasteiger partial charge is 0.246 e. The molecule has 0 saturated carbocycles. The van der Waals surface area contributed by atoms with E-state index in [9.17, 15) is 12.8 Å². The molecule has 150 valence electrons. The Kier molecular flexibility index (Phi) is 5.25. The van der Waals surface area contributed by atoms with Crippen LogP contribution in [0, 0.1) is 12.7 Å². The molecule has 1 atom stereocenters. The molecular weight excluding hydrogens is 381 g/mol. The molecule has 2 fully saturated rings. The van der Waals surface area contributed by atoms with Gasteiger partial charge in [-0.05, 0) is 56.0 Å². The molecule has 8 heteroatoms. The number of anilines is 1. The number of benzene rings is 1. The first-order chi connectivity index (χ1) is 13.4. The SMILES string of the molecule is Cc1ccc(F)c(S(=O)(=O)N2CC[C@@H](Oc3cccnc3N3CCCC3)C2)c1. The van der Waals surface area contributed by atoms with E-state index >= 15 is 0 Å². The fraction of sp³-hybridized carbons (Fsp3) is 0.450. The molecule has 2 saturated heterocycles. The summed E-state index contributed by atoms with van der Waals surface area (Å²) in [5.74, 6) is 0.764. The lowest BCUT2D eigenvalue weighted by Gasteiger charge is -2.22. The maximum atomic E-state index is 14.1. The highest BCUT2D eigenvalue weighted by atomic mass is 32.2. The summed E-state index contributed by atoms with van der Waals surface area (Å²) < 4.78 is 47.4. The van der Waals surface area contributed by atoms with Crippen molar-refractivity contribution in [1.29, 1.82) is 0 Å². The molecule has 0 radical (unpaired) electrons. The maximum absolute atomic E-state index is 14.1. The number of pyridine rings is 1. The van der Waals surface area contributed by atoms with E-state index in [2.05, 4.69) is 9.88 Å². The molecule has 0 aliphatic carbocycles. The Morgan fingerprint density at radius 1 is 1.18 bits per heavy atom. The molecule has 0 unspecified atom stereocenters. The van der Waals surface area contributed by atoms with Crippen molar-refractivity contribution in [2.45, 2.75) is 37.2 Å². The summed E-state index contributed by atoms with van der Waals surface area (Å²) in [4.78, 5) is 6.38. The highest BCUT2D eigenvalue weighted by Gasteiger charge is 2.35. The van der Waals surface area contributed by atoms with Crippen molar-refractivity contribution < 1.29 is 17.5 Å². The Morgan fingerprint density at radius 3 is 2.75 bits per heavy atom. The van der Waals surface area contributed by atoms with Gasteiger partial charge in [0.2, 0.25) is 10.0 Å². The molecule has 0 bridgehead atoms. The van der Waals surface area contributed by atoms with Gasteiger partial charge in [-0.15, -0.1) is 0 Å². The number of aromatic nitrogens is 1. The normalized spacial score (nSPS) is 20.6. The van der Waals surface area contributed by atoms with Crippen molar-refractivity contribution in [1.82, 2.24) is 9.29 Å². The van der Waals surface area contributed by atoms with Crippen LogP contribution in [0.3, 0.4) is 0 Å². The zero-order valence-corrected chi connectivity index (χ0v) is 16.7. The molecule has 28 heavy (non-hydrogen) atoms. The second-order valence-corrected chi connectivity index (χ2v) is 9.25. The minimum absolute atomic E-state index is 0.198. The van der Waals surface area contributed by atoms with Gasteiger partial charge in [-0.1, -0.05) is 6.07 Å². The van der Waals surface area contributed by atoms with Gasteiger partial charge in [0.1, 0.15) is 16.8 Å². The van der Waals surface area contributed by atoms with E-state index in [0.717, 1.165) is 31.7 Å². The Balaban J connectivity index is 1.50. The van der Waals surface area contributed by atoms with Crippen LogP contribution in [-0.2, 0) is 10.0 Å². The van der Waals surface area contributed by atoms with Gasteiger partial charge >= 0.3 is 0 Å². The van der Waals surface area contributed by atoms with E-state index in [4.69, 9.17) is 4.74 Å². The Hall–Kier alpha value is -2.19. The summed E-state index contributed by atoms with van der Waals surface area (Å²) in [5.41, 5.74) is 0.706. The van der Waals surface area contributed by atoms with Crippen molar-refractivity contribution >= 4 is 15.8 Å². The van der Waals surface area contributed by atoms with E-state index in [1.165, 1.54) is 16.4 Å². The standard InChI is InChI=1S/C20H24FN3O3S/c1-15-6-7-17(21)19(13-15)28(25,26)24-12-8-16(14-24)27-18-5-4-9-22-20(18)23-10-2-3-11-23/h4-7,9,13,16H,2-3,8,10-12,14H2,1H3/t16-/m1/s1. The Bertz CT molecular complexity index is 961. The summed E-state index contributed by atoms with van der Waals surface area (Å²) in [6.45, 7) is 4.15. The van der Waals surface area contributed by atoms with Crippen molar-refractivity contribution in [3.8, 4) is 5.75 Å². The number of rotatable bonds is 5. The molecule has 0 amide bonds. The maximum Gasteiger partial charge on any atom is 0.246 e. The molecule has 2 aliphatic rings. The van der Waals surface area contributed by atoms with E-state index in [1.807, 2.05) is 12.1 Å². The van der Waals surface area contributed by atoms with Gasteiger partial charge in [0.05, 0.1) is 6.54 Å². The second kappa shape index (κ2) is 7.67. The monoisotopic (exact) mass is 405 g/mol. The lowest BCUT2D eigenvalue weighted by molar-refractivity contribution is 0.215. The molecule has 1 aromatic heterocycles. The summed E-state index contributed by atoms with van der Waals surface area (Å²) in [6, 6.07) is 7.83. The van der Waals surface area contributed by atoms with Gasteiger partial charge in [-0.3, -0.25) is 0 Å². The molecule has 2 aliphatic heterocycles. The first kappa shape index (κ1) is 19.1. The van der Waals surface area contributed by atoms with Crippen LogP contribution in [0.5, 0.6) is 5.75 Å². The van der Waals surface area contributed by atoms with E-state index < -0.39 is 15.8 Å². The van der Waals surface area contributed by atoms with Crippen LogP contribution in [0.4, 0.5) is 10.2 Å². The minimum atomic E-state index is -3.89. The van der Waals surface area contributed by atoms with Crippen LogP contribution in [0.2, 0.25) is 0 Å². The summed E-state index contributed by atoms with van der Waals surface area (Å²) in [7, 11) is -3.89. The number of hydrogen-bond donors (Lipinski definition) is 0. The number of aryl methyl sites for hydroxylation is 1. The lowest BCUT2D eigenvalue weighted by atomic mass is 10.2. The third-order valence-electron chi connectivity index (χ3n) is 5.26. The van der Waals surface area contributed by atoms with Gasteiger partial charge in [0, 0.05) is 25.8 Å². The fourth-order valence-electron chi connectivity index (χ4n) is 3.78. The third-order valence-corrected chi connectivity index (χ3v) is 7.14. The molecule has 4 rings (SSSR count). The largest absolute Gasteiger partial charge is 0.485 e.